The third-order valence-electron chi connectivity index (χ3n) is 3.15. The van der Waals surface area contributed by atoms with E-state index in [1.54, 1.807) is 0 Å². The van der Waals surface area contributed by atoms with Gasteiger partial charge < -0.3 is 10.3 Å². The zero-order valence-electron chi connectivity index (χ0n) is 11.2. The van der Waals surface area contributed by atoms with Crippen LogP contribution in [0.15, 0.2) is 30.3 Å². The number of nitrogens with two attached hydrogens (primary N) is 1. The average Bonchev–Trinajstić information content (AvgIpc) is 2.69. The van der Waals surface area contributed by atoms with Gasteiger partial charge in [-0.3, -0.25) is 0 Å². The van der Waals surface area contributed by atoms with Gasteiger partial charge in [-0.2, -0.15) is 0 Å². The van der Waals surface area contributed by atoms with Crippen molar-refractivity contribution in [2.24, 2.45) is 0 Å². The van der Waals surface area contributed by atoms with Crippen LogP contribution in [0.3, 0.4) is 0 Å². The second kappa shape index (κ2) is 5.71. The van der Waals surface area contributed by atoms with Crippen LogP contribution in [-0.2, 0) is 19.4 Å². The van der Waals surface area contributed by atoms with E-state index in [9.17, 15) is 0 Å². The monoisotopic (exact) mass is 243 g/mol. The summed E-state index contributed by atoms with van der Waals surface area (Å²) < 4.78 is 2.15. The fourth-order valence-electron chi connectivity index (χ4n) is 2.19. The van der Waals surface area contributed by atoms with Crippen LogP contribution in [0.5, 0.6) is 0 Å². The highest BCUT2D eigenvalue weighted by molar-refractivity contribution is 5.39. The SMILES string of the molecule is CCCc1nc(CC)c(N)n1Cc1ccccc1. The van der Waals surface area contributed by atoms with E-state index in [4.69, 9.17) is 5.73 Å². The third-order valence-corrected chi connectivity index (χ3v) is 3.15. The molecule has 3 nitrogen and oxygen atoms in total. The summed E-state index contributed by atoms with van der Waals surface area (Å²) in [5.41, 5.74) is 8.48. The minimum absolute atomic E-state index is 0.814. The molecule has 96 valence electrons. The summed E-state index contributed by atoms with van der Waals surface area (Å²) in [6.07, 6.45) is 2.97. The first-order valence-electron chi connectivity index (χ1n) is 6.63. The molecule has 2 rings (SSSR count). The Labute approximate surface area is 109 Å². The largest absolute Gasteiger partial charge is 0.384 e. The summed E-state index contributed by atoms with van der Waals surface area (Å²) in [5.74, 6) is 1.93. The van der Waals surface area contributed by atoms with Gasteiger partial charge in [-0.1, -0.05) is 44.2 Å². The smallest absolute Gasteiger partial charge is 0.127 e. The van der Waals surface area contributed by atoms with Crippen LogP contribution in [0.2, 0.25) is 0 Å². The van der Waals surface area contributed by atoms with Gasteiger partial charge in [-0.25, -0.2) is 4.98 Å². The fraction of sp³-hybridized carbons (Fsp3) is 0.400. The van der Waals surface area contributed by atoms with Gasteiger partial charge >= 0.3 is 0 Å². The van der Waals surface area contributed by atoms with Crippen molar-refractivity contribution in [2.75, 3.05) is 5.73 Å². The van der Waals surface area contributed by atoms with Crippen molar-refractivity contribution in [1.82, 2.24) is 9.55 Å². The molecule has 3 heteroatoms. The van der Waals surface area contributed by atoms with Gasteiger partial charge in [0.25, 0.3) is 0 Å². The Morgan fingerprint density at radius 1 is 1.17 bits per heavy atom. The second-order valence-corrected chi connectivity index (χ2v) is 4.54. The van der Waals surface area contributed by atoms with E-state index in [1.807, 2.05) is 6.07 Å². The number of benzene rings is 1. The maximum absolute atomic E-state index is 6.19. The Kier molecular flexibility index (Phi) is 4.03. The molecule has 18 heavy (non-hydrogen) atoms. The third kappa shape index (κ3) is 2.55. The molecule has 0 bridgehead atoms. The lowest BCUT2D eigenvalue weighted by molar-refractivity contribution is 0.712. The van der Waals surface area contributed by atoms with Crippen LogP contribution >= 0.6 is 0 Å². The van der Waals surface area contributed by atoms with Gasteiger partial charge in [-0.15, -0.1) is 0 Å². The highest BCUT2D eigenvalue weighted by atomic mass is 15.1. The first-order valence-corrected chi connectivity index (χ1v) is 6.63. The molecule has 0 saturated heterocycles. The number of aryl methyl sites for hydroxylation is 2. The summed E-state index contributed by atoms with van der Waals surface area (Å²) in [7, 11) is 0. The highest BCUT2D eigenvalue weighted by Gasteiger charge is 2.12. The van der Waals surface area contributed by atoms with E-state index in [2.05, 4.69) is 47.7 Å². The topological polar surface area (TPSA) is 43.8 Å². The summed E-state index contributed by atoms with van der Waals surface area (Å²) >= 11 is 0. The minimum atomic E-state index is 0.814. The van der Waals surface area contributed by atoms with Crippen molar-refractivity contribution < 1.29 is 0 Å². The van der Waals surface area contributed by atoms with Gasteiger partial charge in [-0.05, 0) is 18.4 Å². The number of hydrogen-bond donors (Lipinski definition) is 1. The maximum Gasteiger partial charge on any atom is 0.127 e. The quantitative estimate of drug-likeness (QED) is 0.877. The van der Waals surface area contributed by atoms with E-state index in [0.29, 0.717) is 0 Å². The molecule has 0 fully saturated rings. The number of imidazole rings is 1. The normalized spacial score (nSPS) is 10.8. The Balaban J connectivity index is 2.33. The standard InChI is InChI=1S/C15H21N3/c1-3-8-14-17-13(4-2)15(16)18(14)11-12-9-6-5-7-10-12/h5-7,9-10H,3-4,8,11,16H2,1-2H3. The first kappa shape index (κ1) is 12.7. The van der Waals surface area contributed by atoms with Crippen LogP contribution in [-0.4, -0.2) is 9.55 Å². The van der Waals surface area contributed by atoms with E-state index >= 15 is 0 Å². The van der Waals surface area contributed by atoms with Crippen molar-refractivity contribution in [3.05, 3.63) is 47.4 Å². The van der Waals surface area contributed by atoms with Crippen LogP contribution < -0.4 is 5.73 Å². The molecule has 0 spiro atoms. The number of anilines is 1. The molecule has 0 aliphatic rings. The summed E-state index contributed by atoms with van der Waals surface area (Å²) in [4.78, 5) is 4.65. The Morgan fingerprint density at radius 2 is 1.89 bits per heavy atom. The van der Waals surface area contributed by atoms with Gasteiger partial charge in [0.1, 0.15) is 11.6 Å². The highest BCUT2D eigenvalue weighted by Crippen LogP contribution is 2.18. The zero-order chi connectivity index (χ0) is 13.0. The van der Waals surface area contributed by atoms with Crippen molar-refractivity contribution in [2.45, 2.75) is 39.7 Å². The van der Waals surface area contributed by atoms with E-state index in [1.165, 1.54) is 5.56 Å². The maximum atomic E-state index is 6.19. The van der Waals surface area contributed by atoms with Gasteiger partial charge in [0.15, 0.2) is 0 Å². The number of rotatable bonds is 5. The number of aromatic nitrogens is 2. The lowest BCUT2D eigenvalue weighted by atomic mass is 10.2. The molecule has 0 atom stereocenters. The molecule has 0 radical (unpaired) electrons. The van der Waals surface area contributed by atoms with Crippen LogP contribution in [0.25, 0.3) is 0 Å². The van der Waals surface area contributed by atoms with Gasteiger partial charge in [0.2, 0.25) is 0 Å². The molecule has 1 heterocycles. The van der Waals surface area contributed by atoms with Gasteiger partial charge in [0.05, 0.1) is 12.2 Å². The Hall–Kier alpha value is -1.77. The summed E-state index contributed by atoms with van der Waals surface area (Å²) in [5, 5.41) is 0. The van der Waals surface area contributed by atoms with Crippen LogP contribution in [0, 0.1) is 0 Å². The Morgan fingerprint density at radius 3 is 2.50 bits per heavy atom. The predicted molar refractivity (Wildman–Crippen MR) is 75.6 cm³/mol. The summed E-state index contributed by atoms with van der Waals surface area (Å²) in [6, 6.07) is 10.4. The van der Waals surface area contributed by atoms with Crippen molar-refractivity contribution >= 4 is 5.82 Å². The van der Waals surface area contributed by atoms with Crippen LogP contribution in [0.4, 0.5) is 5.82 Å². The first-order chi connectivity index (χ1) is 8.76. The molecule has 1 aromatic heterocycles. The number of nitrogen functional groups attached to an aromatic ring is 1. The molecule has 0 aliphatic heterocycles. The van der Waals surface area contributed by atoms with Crippen molar-refractivity contribution in [3.8, 4) is 0 Å². The van der Waals surface area contributed by atoms with E-state index < -0.39 is 0 Å². The molecule has 0 saturated carbocycles. The van der Waals surface area contributed by atoms with Gasteiger partial charge in [0, 0.05) is 6.42 Å². The Bertz CT molecular complexity index is 500. The van der Waals surface area contributed by atoms with Crippen molar-refractivity contribution in [3.63, 3.8) is 0 Å². The van der Waals surface area contributed by atoms with Crippen molar-refractivity contribution in [1.29, 1.82) is 0 Å². The molecule has 0 amide bonds. The number of hydrogen-bond acceptors (Lipinski definition) is 2. The lowest BCUT2D eigenvalue weighted by Crippen LogP contribution is -2.08. The minimum Gasteiger partial charge on any atom is -0.384 e. The zero-order valence-corrected chi connectivity index (χ0v) is 11.2. The fourth-order valence-corrected chi connectivity index (χ4v) is 2.19. The molecular weight excluding hydrogens is 222 g/mol. The second-order valence-electron chi connectivity index (χ2n) is 4.54. The summed E-state index contributed by atoms with van der Waals surface area (Å²) in [6.45, 7) is 5.08. The van der Waals surface area contributed by atoms with Crippen LogP contribution in [0.1, 0.15) is 37.4 Å². The number of nitrogens with zero attached hydrogens (tertiary/aromatic N) is 2. The molecule has 2 aromatic rings. The molecule has 1 aromatic carbocycles. The van der Waals surface area contributed by atoms with E-state index in [-0.39, 0.29) is 0 Å². The predicted octanol–water partition coefficient (Wildman–Crippen LogP) is 3.03. The molecule has 0 aliphatic carbocycles. The van der Waals surface area contributed by atoms with E-state index in [0.717, 1.165) is 43.1 Å². The molecule has 2 N–H and O–H groups in total. The lowest BCUT2D eigenvalue weighted by Gasteiger charge is -2.09. The average molecular weight is 243 g/mol. The molecular formula is C15H21N3. The molecule has 0 unspecified atom stereocenters.